The SMILES string of the molecule is c1ccc2c(c1)CCCc1cc(Cc3ccc4ccccc4c3)[nH]c1-2. The Morgan fingerprint density at radius 3 is 2.48 bits per heavy atom. The molecule has 122 valence electrons. The maximum absolute atomic E-state index is 3.73. The van der Waals surface area contributed by atoms with Gasteiger partial charge in [-0.15, -0.1) is 0 Å². The summed E-state index contributed by atoms with van der Waals surface area (Å²) in [5.74, 6) is 0. The molecule has 0 aliphatic heterocycles. The van der Waals surface area contributed by atoms with Gasteiger partial charge in [-0.2, -0.15) is 0 Å². The summed E-state index contributed by atoms with van der Waals surface area (Å²) in [6, 6.07) is 26.6. The second-order valence-electron chi connectivity index (χ2n) is 7.06. The highest BCUT2D eigenvalue weighted by atomic mass is 14.7. The molecule has 0 spiro atoms. The van der Waals surface area contributed by atoms with Crippen LogP contribution in [-0.2, 0) is 19.3 Å². The number of H-pyrrole nitrogens is 1. The lowest BCUT2D eigenvalue weighted by Crippen LogP contribution is -1.91. The van der Waals surface area contributed by atoms with Crippen molar-refractivity contribution in [3.63, 3.8) is 0 Å². The van der Waals surface area contributed by atoms with E-state index in [-0.39, 0.29) is 0 Å². The van der Waals surface area contributed by atoms with Gasteiger partial charge in [0.2, 0.25) is 0 Å². The summed E-state index contributed by atoms with van der Waals surface area (Å²) in [5.41, 5.74) is 8.35. The minimum Gasteiger partial charge on any atom is -0.358 e. The molecule has 1 heterocycles. The first-order chi connectivity index (χ1) is 12.4. The van der Waals surface area contributed by atoms with Gasteiger partial charge in [-0.25, -0.2) is 0 Å². The summed E-state index contributed by atoms with van der Waals surface area (Å²) in [4.78, 5) is 3.73. The second kappa shape index (κ2) is 5.93. The van der Waals surface area contributed by atoms with Crippen LogP contribution in [0.15, 0.2) is 72.8 Å². The molecule has 1 aromatic heterocycles. The number of nitrogens with one attached hydrogen (secondary N) is 1. The quantitative estimate of drug-likeness (QED) is 0.471. The molecule has 0 saturated carbocycles. The van der Waals surface area contributed by atoms with Crippen LogP contribution in [0.2, 0.25) is 0 Å². The molecule has 0 fully saturated rings. The van der Waals surface area contributed by atoms with Crippen LogP contribution < -0.4 is 0 Å². The zero-order valence-corrected chi connectivity index (χ0v) is 14.3. The van der Waals surface area contributed by atoms with E-state index < -0.39 is 0 Å². The molecular weight excluding hydrogens is 302 g/mol. The minimum absolute atomic E-state index is 0.958. The van der Waals surface area contributed by atoms with Crippen molar-refractivity contribution in [1.29, 1.82) is 0 Å². The highest BCUT2D eigenvalue weighted by molar-refractivity contribution is 5.83. The van der Waals surface area contributed by atoms with Gasteiger partial charge in [0.1, 0.15) is 0 Å². The lowest BCUT2D eigenvalue weighted by Gasteiger charge is -2.06. The molecule has 1 N–H and O–H groups in total. The lowest BCUT2D eigenvalue weighted by atomic mass is 10.0. The number of aromatic nitrogens is 1. The van der Waals surface area contributed by atoms with E-state index in [1.807, 2.05) is 0 Å². The molecular formula is C24H21N. The van der Waals surface area contributed by atoms with Crippen LogP contribution in [0, 0.1) is 0 Å². The van der Waals surface area contributed by atoms with Gasteiger partial charge < -0.3 is 4.98 Å². The highest BCUT2D eigenvalue weighted by Gasteiger charge is 2.16. The third-order valence-corrected chi connectivity index (χ3v) is 5.34. The normalized spacial score (nSPS) is 13.3. The number of hydrogen-bond donors (Lipinski definition) is 1. The molecule has 1 heteroatoms. The monoisotopic (exact) mass is 323 g/mol. The molecule has 1 aliphatic carbocycles. The first kappa shape index (κ1) is 14.5. The van der Waals surface area contributed by atoms with E-state index in [1.165, 1.54) is 57.3 Å². The molecule has 0 amide bonds. The van der Waals surface area contributed by atoms with Crippen LogP contribution in [-0.4, -0.2) is 4.98 Å². The van der Waals surface area contributed by atoms with E-state index in [0.29, 0.717) is 0 Å². The highest BCUT2D eigenvalue weighted by Crippen LogP contribution is 2.33. The maximum Gasteiger partial charge on any atom is 0.0491 e. The average Bonchev–Trinajstić information content (AvgIpc) is 2.96. The van der Waals surface area contributed by atoms with Crippen LogP contribution in [0.25, 0.3) is 22.0 Å². The fourth-order valence-electron chi connectivity index (χ4n) is 4.11. The molecule has 1 aliphatic rings. The van der Waals surface area contributed by atoms with Crippen molar-refractivity contribution >= 4 is 10.8 Å². The molecule has 5 rings (SSSR count). The Hall–Kier alpha value is -2.80. The molecule has 25 heavy (non-hydrogen) atoms. The van der Waals surface area contributed by atoms with Crippen LogP contribution in [0.5, 0.6) is 0 Å². The van der Waals surface area contributed by atoms with Gasteiger partial charge in [0, 0.05) is 23.4 Å². The van der Waals surface area contributed by atoms with Crippen molar-refractivity contribution in [2.75, 3.05) is 0 Å². The van der Waals surface area contributed by atoms with Crippen LogP contribution in [0.4, 0.5) is 0 Å². The van der Waals surface area contributed by atoms with Gasteiger partial charge in [0.25, 0.3) is 0 Å². The van der Waals surface area contributed by atoms with E-state index in [2.05, 4.69) is 77.8 Å². The molecule has 0 saturated heterocycles. The topological polar surface area (TPSA) is 15.8 Å². The number of benzene rings is 3. The summed E-state index contributed by atoms with van der Waals surface area (Å²) < 4.78 is 0. The summed E-state index contributed by atoms with van der Waals surface area (Å²) in [6.45, 7) is 0. The number of aromatic amines is 1. The van der Waals surface area contributed by atoms with Gasteiger partial charge in [0.05, 0.1) is 0 Å². The fourth-order valence-corrected chi connectivity index (χ4v) is 4.11. The molecule has 3 aromatic carbocycles. The first-order valence-electron chi connectivity index (χ1n) is 9.13. The smallest absolute Gasteiger partial charge is 0.0491 e. The van der Waals surface area contributed by atoms with E-state index >= 15 is 0 Å². The van der Waals surface area contributed by atoms with Gasteiger partial charge in [-0.1, -0.05) is 66.7 Å². The van der Waals surface area contributed by atoms with Crippen molar-refractivity contribution in [1.82, 2.24) is 4.98 Å². The van der Waals surface area contributed by atoms with Crippen molar-refractivity contribution < 1.29 is 0 Å². The van der Waals surface area contributed by atoms with Crippen molar-refractivity contribution in [2.45, 2.75) is 25.7 Å². The Kier molecular flexibility index (Phi) is 3.45. The van der Waals surface area contributed by atoms with Crippen molar-refractivity contribution in [3.05, 3.63) is 95.2 Å². The van der Waals surface area contributed by atoms with E-state index in [9.17, 15) is 0 Å². The van der Waals surface area contributed by atoms with Gasteiger partial charge >= 0.3 is 0 Å². The van der Waals surface area contributed by atoms with Crippen LogP contribution >= 0.6 is 0 Å². The number of fused-ring (bicyclic) bond motifs is 4. The predicted molar refractivity (Wildman–Crippen MR) is 105 cm³/mol. The third kappa shape index (κ3) is 2.66. The summed E-state index contributed by atoms with van der Waals surface area (Å²) in [6.07, 6.45) is 4.54. The van der Waals surface area contributed by atoms with Gasteiger partial charge in [0.15, 0.2) is 0 Å². The largest absolute Gasteiger partial charge is 0.358 e. The Labute approximate surface area is 148 Å². The van der Waals surface area contributed by atoms with Gasteiger partial charge in [-0.3, -0.25) is 0 Å². The van der Waals surface area contributed by atoms with Crippen LogP contribution in [0.3, 0.4) is 0 Å². The average molecular weight is 323 g/mol. The van der Waals surface area contributed by atoms with Crippen molar-refractivity contribution in [3.8, 4) is 11.3 Å². The standard InChI is InChI=1S/C24H21N/c1-2-8-20-14-17(12-13-18(20)6-1)15-22-16-21-10-5-9-19-7-3-4-11-23(19)24(21)25-22/h1-4,6-8,11-14,16,25H,5,9-10,15H2. The molecule has 4 aromatic rings. The first-order valence-corrected chi connectivity index (χ1v) is 9.13. The number of hydrogen-bond acceptors (Lipinski definition) is 0. The third-order valence-electron chi connectivity index (χ3n) is 5.34. The van der Waals surface area contributed by atoms with Crippen LogP contribution in [0.1, 0.15) is 28.8 Å². The fraction of sp³-hybridized carbons (Fsp3) is 0.167. The van der Waals surface area contributed by atoms with Crippen molar-refractivity contribution in [2.24, 2.45) is 0 Å². The van der Waals surface area contributed by atoms with E-state index in [0.717, 1.165) is 12.8 Å². The van der Waals surface area contributed by atoms with Gasteiger partial charge in [-0.05, 0) is 52.8 Å². The molecule has 0 unspecified atom stereocenters. The lowest BCUT2D eigenvalue weighted by molar-refractivity contribution is 0.835. The Balaban J connectivity index is 1.52. The van der Waals surface area contributed by atoms with E-state index in [4.69, 9.17) is 0 Å². The Morgan fingerprint density at radius 2 is 1.52 bits per heavy atom. The number of rotatable bonds is 2. The molecule has 0 bridgehead atoms. The minimum atomic E-state index is 0.958. The zero-order valence-electron chi connectivity index (χ0n) is 14.3. The maximum atomic E-state index is 3.73. The summed E-state index contributed by atoms with van der Waals surface area (Å²) in [7, 11) is 0. The predicted octanol–water partition coefficient (Wildman–Crippen LogP) is 5.91. The Bertz CT molecular complexity index is 1050. The Morgan fingerprint density at radius 1 is 0.720 bits per heavy atom. The molecule has 1 nitrogen and oxygen atoms in total. The summed E-state index contributed by atoms with van der Waals surface area (Å²) in [5, 5.41) is 2.63. The molecule has 0 radical (unpaired) electrons. The summed E-state index contributed by atoms with van der Waals surface area (Å²) >= 11 is 0. The zero-order chi connectivity index (χ0) is 16.6. The second-order valence-corrected chi connectivity index (χ2v) is 7.06. The van der Waals surface area contributed by atoms with E-state index in [1.54, 1.807) is 0 Å². The number of aryl methyl sites for hydroxylation is 2. The molecule has 0 atom stereocenters.